The van der Waals surface area contributed by atoms with Gasteiger partial charge in [-0.25, -0.2) is 0 Å². The van der Waals surface area contributed by atoms with Crippen LogP contribution in [0.1, 0.15) is 25.7 Å². The average Bonchev–Trinajstić information content (AvgIpc) is 3.24. The molecule has 30 heavy (non-hydrogen) atoms. The number of esters is 1. The maximum absolute atomic E-state index is 12.8. The van der Waals surface area contributed by atoms with Crippen LogP contribution in [-0.2, 0) is 20.9 Å². The van der Waals surface area contributed by atoms with E-state index in [1.807, 2.05) is 0 Å². The molecule has 4 rings (SSSR count). The van der Waals surface area contributed by atoms with E-state index in [4.69, 9.17) is 4.74 Å². The zero-order valence-corrected chi connectivity index (χ0v) is 16.4. The highest BCUT2D eigenvalue weighted by Gasteiger charge is 2.35. The molecular weight excluding hydrogens is 382 g/mol. The first-order chi connectivity index (χ1) is 14.5. The Hall–Kier alpha value is -3.66. The van der Waals surface area contributed by atoms with Gasteiger partial charge in [-0.2, -0.15) is 5.26 Å². The summed E-state index contributed by atoms with van der Waals surface area (Å²) >= 11 is 0. The fraction of sp³-hybridized carbons (Fsp3) is 0.304. The van der Waals surface area contributed by atoms with Gasteiger partial charge in [0, 0.05) is 10.8 Å². The molecule has 1 aliphatic carbocycles. The lowest BCUT2D eigenvalue weighted by molar-refractivity contribution is -0.149. The van der Waals surface area contributed by atoms with E-state index < -0.39 is 24.0 Å². The molecule has 1 aromatic heterocycles. The lowest BCUT2D eigenvalue weighted by atomic mass is 10.00. The predicted molar refractivity (Wildman–Crippen MR) is 112 cm³/mol. The fourth-order valence-electron chi connectivity index (χ4n) is 4.11. The number of aromatic nitrogens is 1. The number of amides is 1. The van der Waals surface area contributed by atoms with Gasteiger partial charge in [-0.15, -0.1) is 0 Å². The minimum Gasteiger partial charge on any atom is -0.454 e. The average molecular weight is 403 g/mol. The van der Waals surface area contributed by atoms with Crippen molar-refractivity contribution in [3.8, 4) is 6.07 Å². The molecule has 1 heterocycles. The van der Waals surface area contributed by atoms with Crippen LogP contribution < -0.4 is 10.7 Å². The maximum Gasteiger partial charge on any atom is 0.326 e. The summed E-state index contributed by atoms with van der Waals surface area (Å²) in [5.41, 5.74) is 0.298. The molecule has 1 N–H and O–H groups in total. The van der Waals surface area contributed by atoms with Crippen molar-refractivity contribution >= 4 is 33.7 Å². The first-order valence-corrected chi connectivity index (χ1v) is 9.91. The van der Waals surface area contributed by atoms with Gasteiger partial charge in [-0.3, -0.25) is 14.4 Å². The van der Waals surface area contributed by atoms with Gasteiger partial charge in [0.05, 0.1) is 17.1 Å². The highest BCUT2D eigenvalue weighted by molar-refractivity contribution is 5.94. The van der Waals surface area contributed by atoms with E-state index in [2.05, 4.69) is 11.4 Å². The number of ether oxygens (including phenoxy) is 1. The summed E-state index contributed by atoms with van der Waals surface area (Å²) in [5.74, 6) is -1.08. The second-order valence-electron chi connectivity index (χ2n) is 7.56. The second-order valence-corrected chi connectivity index (χ2v) is 7.56. The zero-order valence-electron chi connectivity index (χ0n) is 16.4. The Labute approximate surface area is 172 Å². The van der Waals surface area contributed by atoms with Crippen molar-refractivity contribution in [3.05, 3.63) is 58.8 Å². The third-order valence-electron chi connectivity index (χ3n) is 5.58. The topological polar surface area (TPSA) is 101 Å². The number of nitrogens with one attached hydrogen (secondary N) is 1. The molecule has 0 spiro atoms. The van der Waals surface area contributed by atoms with Crippen LogP contribution in [-0.4, -0.2) is 28.6 Å². The highest BCUT2D eigenvalue weighted by Crippen LogP contribution is 2.28. The van der Waals surface area contributed by atoms with Gasteiger partial charge in [0.25, 0.3) is 5.91 Å². The molecule has 0 unspecified atom stereocenters. The van der Waals surface area contributed by atoms with Crippen molar-refractivity contribution in [3.63, 3.8) is 0 Å². The Kier molecular flexibility index (Phi) is 5.23. The Morgan fingerprint density at radius 1 is 1.03 bits per heavy atom. The molecule has 7 heteroatoms. The van der Waals surface area contributed by atoms with Gasteiger partial charge in [0.15, 0.2) is 12.0 Å². The molecule has 1 saturated carbocycles. The molecule has 1 aliphatic rings. The first-order valence-electron chi connectivity index (χ1n) is 9.91. The van der Waals surface area contributed by atoms with Gasteiger partial charge < -0.3 is 14.6 Å². The molecule has 1 fully saturated rings. The number of nitrogens with zero attached hydrogens (tertiary/aromatic N) is 2. The summed E-state index contributed by atoms with van der Waals surface area (Å²) < 4.78 is 6.90. The number of pyridine rings is 1. The van der Waals surface area contributed by atoms with Crippen molar-refractivity contribution in [1.82, 2.24) is 9.88 Å². The van der Waals surface area contributed by atoms with E-state index in [0.29, 0.717) is 34.6 Å². The number of carbonyl (C=O) groups excluding carboxylic acids is 2. The molecule has 0 aliphatic heterocycles. The van der Waals surface area contributed by atoms with E-state index in [9.17, 15) is 19.6 Å². The van der Waals surface area contributed by atoms with Crippen molar-refractivity contribution in [1.29, 1.82) is 5.26 Å². The number of hydrogen-bond donors (Lipinski definition) is 1. The number of fused-ring (bicyclic) bond motifs is 2. The van der Waals surface area contributed by atoms with Gasteiger partial charge in [0.2, 0.25) is 0 Å². The molecule has 0 atom stereocenters. The quantitative estimate of drug-likeness (QED) is 0.521. The van der Waals surface area contributed by atoms with Gasteiger partial charge >= 0.3 is 5.97 Å². The smallest absolute Gasteiger partial charge is 0.326 e. The van der Waals surface area contributed by atoms with Crippen LogP contribution in [0, 0.1) is 11.3 Å². The zero-order chi connectivity index (χ0) is 21.1. The summed E-state index contributed by atoms with van der Waals surface area (Å²) in [5, 5.41) is 13.1. The van der Waals surface area contributed by atoms with Gasteiger partial charge in [0.1, 0.15) is 12.1 Å². The number of carbonyl (C=O) groups is 2. The Bertz CT molecular complexity index is 1170. The predicted octanol–water partition coefficient (Wildman–Crippen LogP) is 2.65. The Balaban J connectivity index is 1.53. The number of para-hydroxylation sites is 2. The van der Waals surface area contributed by atoms with Crippen molar-refractivity contribution in [2.24, 2.45) is 0 Å². The molecule has 0 radical (unpaired) electrons. The SMILES string of the molecule is N#CC1(NC(=O)COC(=O)Cn2c3ccccc3c(=O)c3ccccc32)CCCC1. The summed E-state index contributed by atoms with van der Waals surface area (Å²) in [6.07, 6.45) is 3.00. The van der Waals surface area contributed by atoms with Crippen LogP contribution in [0.25, 0.3) is 21.8 Å². The van der Waals surface area contributed by atoms with Crippen LogP contribution >= 0.6 is 0 Å². The molecule has 7 nitrogen and oxygen atoms in total. The van der Waals surface area contributed by atoms with Crippen LogP contribution in [0.2, 0.25) is 0 Å². The number of nitriles is 1. The van der Waals surface area contributed by atoms with E-state index >= 15 is 0 Å². The molecular formula is C23H21N3O4. The van der Waals surface area contributed by atoms with E-state index in [-0.39, 0.29) is 12.0 Å². The van der Waals surface area contributed by atoms with E-state index in [1.165, 1.54) is 0 Å². The van der Waals surface area contributed by atoms with E-state index in [0.717, 1.165) is 12.8 Å². The fourth-order valence-corrected chi connectivity index (χ4v) is 4.11. The number of rotatable bonds is 5. The van der Waals surface area contributed by atoms with Crippen LogP contribution in [0.15, 0.2) is 53.3 Å². The third-order valence-corrected chi connectivity index (χ3v) is 5.58. The van der Waals surface area contributed by atoms with Crippen LogP contribution in [0.5, 0.6) is 0 Å². The lowest BCUT2D eigenvalue weighted by Gasteiger charge is -2.21. The minimum atomic E-state index is -0.853. The standard InChI is InChI=1S/C23H21N3O4/c24-15-23(11-5-6-12-23)25-20(27)14-30-21(28)13-26-18-9-3-1-7-16(18)22(29)17-8-2-4-10-19(17)26/h1-4,7-10H,5-6,11-14H2,(H,25,27). The van der Waals surface area contributed by atoms with E-state index in [1.54, 1.807) is 53.1 Å². The Morgan fingerprint density at radius 3 is 2.17 bits per heavy atom. The number of benzene rings is 2. The van der Waals surface area contributed by atoms with Crippen molar-refractivity contribution < 1.29 is 14.3 Å². The largest absolute Gasteiger partial charge is 0.454 e. The van der Waals surface area contributed by atoms with Crippen LogP contribution in [0.4, 0.5) is 0 Å². The first kappa shape index (κ1) is 19.6. The molecule has 0 bridgehead atoms. The third kappa shape index (κ3) is 3.64. The normalized spacial score (nSPS) is 15.0. The van der Waals surface area contributed by atoms with Crippen molar-refractivity contribution in [2.75, 3.05) is 6.61 Å². The highest BCUT2D eigenvalue weighted by atomic mass is 16.5. The Morgan fingerprint density at radius 2 is 1.60 bits per heavy atom. The minimum absolute atomic E-state index is 0.0939. The summed E-state index contributed by atoms with van der Waals surface area (Å²) in [6.45, 7) is -0.587. The molecule has 2 aromatic carbocycles. The molecule has 1 amide bonds. The maximum atomic E-state index is 12.8. The molecule has 0 saturated heterocycles. The molecule has 152 valence electrons. The summed E-state index contributed by atoms with van der Waals surface area (Å²) in [7, 11) is 0. The van der Waals surface area contributed by atoms with Crippen LogP contribution in [0.3, 0.4) is 0 Å². The monoisotopic (exact) mass is 403 g/mol. The van der Waals surface area contributed by atoms with Gasteiger partial charge in [-0.1, -0.05) is 24.3 Å². The number of hydrogen-bond acceptors (Lipinski definition) is 5. The second kappa shape index (κ2) is 7.99. The summed E-state index contributed by atoms with van der Waals surface area (Å²) in [6, 6.07) is 16.3. The lowest BCUT2D eigenvalue weighted by Crippen LogP contribution is -2.46. The summed E-state index contributed by atoms with van der Waals surface area (Å²) in [4.78, 5) is 37.5. The van der Waals surface area contributed by atoms with Crippen molar-refractivity contribution in [2.45, 2.75) is 37.8 Å². The van der Waals surface area contributed by atoms with Gasteiger partial charge in [-0.05, 0) is 49.9 Å². The molecule has 3 aromatic rings.